The van der Waals surface area contributed by atoms with Gasteiger partial charge >= 0.3 is 0 Å². The number of rotatable bonds is 4. The summed E-state index contributed by atoms with van der Waals surface area (Å²) in [5.41, 5.74) is 2.06. The van der Waals surface area contributed by atoms with Crippen molar-refractivity contribution in [1.82, 2.24) is 20.0 Å². The maximum atomic E-state index is 12.4. The predicted molar refractivity (Wildman–Crippen MR) is 85.9 cm³/mol. The van der Waals surface area contributed by atoms with Gasteiger partial charge in [0.1, 0.15) is 0 Å². The molecular formula is C17H22N4O. The van der Waals surface area contributed by atoms with Gasteiger partial charge in [-0.1, -0.05) is 12.1 Å². The standard InChI is InChI=1S/C17H22N4O/c1-18-15-7-11-20(12-8-15)17(22)13-14-3-5-16(6-4-14)21-10-2-9-19-21/h2-6,9-10,15,18H,7-8,11-13H2,1H3. The van der Waals surface area contributed by atoms with Crippen molar-refractivity contribution in [2.45, 2.75) is 25.3 Å². The Balaban J connectivity index is 1.58. The minimum atomic E-state index is 0.224. The molecule has 1 amide bonds. The van der Waals surface area contributed by atoms with Gasteiger partial charge in [-0.3, -0.25) is 4.79 Å². The third-order valence-corrected chi connectivity index (χ3v) is 4.32. The zero-order chi connectivity index (χ0) is 15.4. The van der Waals surface area contributed by atoms with Crippen molar-refractivity contribution in [3.8, 4) is 5.69 Å². The lowest BCUT2D eigenvalue weighted by Crippen LogP contribution is -2.44. The van der Waals surface area contributed by atoms with Gasteiger partial charge in [0.15, 0.2) is 0 Å². The molecule has 0 radical (unpaired) electrons. The Bertz CT molecular complexity index is 598. The molecule has 1 aliphatic rings. The molecule has 1 aromatic carbocycles. The first-order valence-corrected chi connectivity index (χ1v) is 7.80. The highest BCUT2D eigenvalue weighted by Crippen LogP contribution is 2.13. The summed E-state index contributed by atoms with van der Waals surface area (Å²) in [4.78, 5) is 14.3. The van der Waals surface area contributed by atoms with Crippen LogP contribution in [0.5, 0.6) is 0 Å². The summed E-state index contributed by atoms with van der Waals surface area (Å²) < 4.78 is 1.81. The first-order valence-electron chi connectivity index (χ1n) is 7.80. The Morgan fingerprint density at radius 3 is 2.59 bits per heavy atom. The summed E-state index contributed by atoms with van der Waals surface area (Å²) >= 11 is 0. The largest absolute Gasteiger partial charge is 0.342 e. The highest BCUT2D eigenvalue weighted by atomic mass is 16.2. The van der Waals surface area contributed by atoms with Crippen LogP contribution in [0, 0.1) is 0 Å². The second kappa shape index (κ2) is 6.75. The predicted octanol–water partition coefficient (Wildman–Crippen LogP) is 1.63. The number of hydrogen-bond acceptors (Lipinski definition) is 3. The van der Waals surface area contributed by atoms with Gasteiger partial charge in [-0.05, 0) is 43.7 Å². The Labute approximate surface area is 130 Å². The number of amides is 1. The zero-order valence-electron chi connectivity index (χ0n) is 12.9. The van der Waals surface area contributed by atoms with E-state index in [9.17, 15) is 4.79 Å². The van der Waals surface area contributed by atoms with Gasteiger partial charge in [-0.25, -0.2) is 4.68 Å². The van der Waals surface area contributed by atoms with Gasteiger partial charge in [0.25, 0.3) is 0 Å². The number of benzene rings is 1. The van der Waals surface area contributed by atoms with Crippen LogP contribution in [0.2, 0.25) is 0 Å². The Morgan fingerprint density at radius 1 is 1.27 bits per heavy atom. The van der Waals surface area contributed by atoms with Crippen LogP contribution in [0.4, 0.5) is 0 Å². The van der Waals surface area contributed by atoms with Crippen molar-refractivity contribution in [3.05, 3.63) is 48.3 Å². The van der Waals surface area contributed by atoms with E-state index in [2.05, 4.69) is 10.4 Å². The zero-order valence-corrected chi connectivity index (χ0v) is 12.9. The molecule has 1 saturated heterocycles. The van der Waals surface area contributed by atoms with Gasteiger partial charge in [0.05, 0.1) is 12.1 Å². The fourth-order valence-corrected chi connectivity index (χ4v) is 2.89. The molecule has 5 heteroatoms. The van der Waals surface area contributed by atoms with Crippen LogP contribution in [0.3, 0.4) is 0 Å². The minimum absolute atomic E-state index is 0.224. The SMILES string of the molecule is CNC1CCN(C(=O)Cc2ccc(-n3cccn3)cc2)CC1. The van der Waals surface area contributed by atoms with E-state index in [1.165, 1.54) is 0 Å². The van der Waals surface area contributed by atoms with E-state index in [4.69, 9.17) is 0 Å². The molecule has 0 aliphatic carbocycles. The van der Waals surface area contributed by atoms with Crippen LogP contribution in [0.25, 0.3) is 5.69 Å². The van der Waals surface area contributed by atoms with Crippen molar-refractivity contribution in [2.75, 3.05) is 20.1 Å². The molecule has 5 nitrogen and oxygen atoms in total. The van der Waals surface area contributed by atoms with Crippen molar-refractivity contribution < 1.29 is 4.79 Å². The molecule has 116 valence electrons. The number of nitrogens with one attached hydrogen (secondary N) is 1. The lowest BCUT2D eigenvalue weighted by molar-refractivity contribution is -0.131. The number of nitrogens with zero attached hydrogens (tertiary/aromatic N) is 3. The van der Waals surface area contributed by atoms with Crippen molar-refractivity contribution >= 4 is 5.91 Å². The molecule has 3 rings (SSSR count). The quantitative estimate of drug-likeness (QED) is 0.933. The number of aromatic nitrogens is 2. The van der Waals surface area contributed by atoms with E-state index in [1.54, 1.807) is 6.20 Å². The maximum absolute atomic E-state index is 12.4. The highest BCUT2D eigenvalue weighted by Gasteiger charge is 2.21. The van der Waals surface area contributed by atoms with E-state index in [-0.39, 0.29) is 5.91 Å². The summed E-state index contributed by atoms with van der Waals surface area (Å²) in [6.07, 6.45) is 6.23. The summed E-state index contributed by atoms with van der Waals surface area (Å²) in [6.45, 7) is 1.71. The topological polar surface area (TPSA) is 50.2 Å². The van der Waals surface area contributed by atoms with Gasteiger partial charge in [0, 0.05) is 31.5 Å². The number of hydrogen-bond donors (Lipinski definition) is 1. The molecule has 0 atom stereocenters. The normalized spacial score (nSPS) is 16.0. The molecule has 1 aromatic heterocycles. The fraction of sp³-hybridized carbons (Fsp3) is 0.412. The molecular weight excluding hydrogens is 276 g/mol. The molecule has 2 aromatic rings. The first-order chi connectivity index (χ1) is 10.8. The summed E-state index contributed by atoms with van der Waals surface area (Å²) in [5.74, 6) is 0.224. The van der Waals surface area contributed by atoms with Gasteiger partial charge in [0.2, 0.25) is 5.91 Å². The van der Waals surface area contributed by atoms with Crippen LogP contribution in [0.15, 0.2) is 42.7 Å². The van der Waals surface area contributed by atoms with E-state index in [1.807, 2.05) is 53.2 Å². The average Bonchev–Trinajstić information content (AvgIpc) is 3.10. The minimum Gasteiger partial charge on any atom is -0.342 e. The lowest BCUT2D eigenvalue weighted by atomic mass is 10.0. The Hall–Kier alpha value is -2.14. The molecule has 22 heavy (non-hydrogen) atoms. The van der Waals surface area contributed by atoms with Gasteiger partial charge < -0.3 is 10.2 Å². The lowest BCUT2D eigenvalue weighted by Gasteiger charge is -2.31. The average molecular weight is 298 g/mol. The van der Waals surface area contributed by atoms with E-state index >= 15 is 0 Å². The molecule has 1 fully saturated rings. The van der Waals surface area contributed by atoms with Crippen LogP contribution in [-0.4, -0.2) is 46.8 Å². The fourth-order valence-electron chi connectivity index (χ4n) is 2.89. The second-order valence-corrected chi connectivity index (χ2v) is 5.74. The highest BCUT2D eigenvalue weighted by molar-refractivity contribution is 5.79. The van der Waals surface area contributed by atoms with E-state index < -0.39 is 0 Å². The number of piperidine rings is 1. The third-order valence-electron chi connectivity index (χ3n) is 4.32. The Kier molecular flexibility index (Phi) is 4.53. The van der Waals surface area contributed by atoms with Crippen LogP contribution < -0.4 is 5.32 Å². The molecule has 0 bridgehead atoms. The number of likely N-dealkylation sites (tertiary alicyclic amines) is 1. The van der Waals surface area contributed by atoms with Gasteiger partial charge in [-0.15, -0.1) is 0 Å². The monoisotopic (exact) mass is 298 g/mol. The molecule has 1 N–H and O–H groups in total. The van der Waals surface area contributed by atoms with Crippen LogP contribution in [-0.2, 0) is 11.2 Å². The van der Waals surface area contributed by atoms with E-state index in [0.717, 1.165) is 37.2 Å². The van der Waals surface area contributed by atoms with Gasteiger partial charge in [-0.2, -0.15) is 5.10 Å². The van der Waals surface area contributed by atoms with Crippen LogP contribution in [0.1, 0.15) is 18.4 Å². The van der Waals surface area contributed by atoms with Crippen molar-refractivity contribution in [3.63, 3.8) is 0 Å². The number of carbonyl (C=O) groups excluding carboxylic acids is 1. The summed E-state index contributed by atoms with van der Waals surface area (Å²) in [5, 5.41) is 7.49. The van der Waals surface area contributed by atoms with Crippen LogP contribution >= 0.6 is 0 Å². The first kappa shape index (κ1) is 14.8. The summed E-state index contributed by atoms with van der Waals surface area (Å²) in [7, 11) is 1.99. The molecule has 0 spiro atoms. The summed E-state index contributed by atoms with van der Waals surface area (Å²) in [6, 6.07) is 10.5. The maximum Gasteiger partial charge on any atom is 0.226 e. The van der Waals surface area contributed by atoms with Crippen molar-refractivity contribution in [2.24, 2.45) is 0 Å². The molecule has 1 aliphatic heterocycles. The molecule has 2 heterocycles. The van der Waals surface area contributed by atoms with E-state index in [0.29, 0.717) is 12.5 Å². The smallest absolute Gasteiger partial charge is 0.226 e. The third kappa shape index (κ3) is 3.36. The second-order valence-electron chi connectivity index (χ2n) is 5.74. The number of carbonyl (C=O) groups is 1. The van der Waals surface area contributed by atoms with Crippen molar-refractivity contribution in [1.29, 1.82) is 0 Å². The molecule has 0 saturated carbocycles. The molecule has 0 unspecified atom stereocenters. The Morgan fingerprint density at radius 2 is 2.00 bits per heavy atom.